The van der Waals surface area contributed by atoms with Crippen LogP contribution < -0.4 is 0 Å². The Labute approximate surface area is 87.0 Å². The molecule has 0 aliphatic heterocycles. The molecule has 1 aromatic heterocycles. The summed E-state index contributed by atoms with van der Waals surface area (Å²) in [4.78, 5) is 0. The minimum Gasteiger partial charge on any atom is -0.466 e. The van der Waals surface area contributed by atoms with Crippen molar-refractivity contribution in [2.45, 2.75) is 13.0 Å². The van der Waals surface area contributed by atoms with E-state index in [1.165, 1.54) is 6.26 Å². The fourth-order valence-electron chi connectivity index (χ4n) is 1.48. The van der Waals surface area contributed by atoms with Gasteiger partial charge in [0.2, 0.25) is 0 Å². The van der Waals surface area contributed by atoms with Crippen molar-refractivity contribution in [3.8, 4) is 0 Å². The van der Waals surface area contributed by atoms with Gasteiger partial charge >= 0.3 is 0 Å². The van der Waals surface area contributed by atoms with Gasteiger partial charge in [-0.05, 0) is 24.6 Å². The maximum Gasteiger partial charge on any atom is 0.139 e. The van der Waals surface area contributed by atoms with Gasteiger partial charge in [-0.3, -0.25) is 0 Å². The molecule has 15 heavy (non-hydrogen) atoms. The molecule has 1 unspecified atom stereocenters. The van der Waals surface area contributed by atoms with Crippen LogP contribution in [0.25, 0.3) is 0 Å². The SMILES string of the molecule is Cc1cccc(C(O)c2ccco2)c1F. The maximum atomic E-state index is 13.6. The lowest BCUT2D eigenvalue weighted by Crippen LogP contribution is -2.02. The first-order chi connectivity index (χ1) is 7.20. The first kappa shape index (κ1) is 9.93. The molecule has 0 spiro atoms. The second kappa shape index (κ2) is 3.87. The molecule has 0 fully saturated rings. The fraction of sp³-hybridized carbons (Fsp3) is 0.167. The van der Waals surface area contributed by atoms with Crippen molar-refractivity contribution >= 4 is 0 Å². The van der Waals surface area contributed by atoms with Gasteiger partial charge in [-0.25, -0.2) is 4.39 Å². The molecule has 3 heteroatoms. The summed E-state index contributed by atoms with van der Waals surface area (Å²) < 4.78 is 18.7. The predicted molar refractivity (Wildman–Crippen MR) is 53.9 cm³/mol. The van der Waals surface area contributed by atoms with Crippen LogP contribution in [-0.4, -0.2) is 5.11 Å². The second-order valence-corrected chi connectivity index (χ2v) is 3.40. The molecule has 0 bridgehead atoms. The molecule has 0 saturated heterocycles. The Morgan fingerprint density at radius 3 is 2.73 bits per heavy atom. The van der Waals surface area contributed by atoms with Crippen LogP contribution in [0, 0.1) is 12.7 Å². The summed E-state index contributed by atoms with van der Waals surface area (Å²) in [7, 11) is 0. The van der Waals surface area contributed by atoms with E-state index in [1.54, 1.807) is 37.3 Å². The van der Waals surface area contributed by atoms with Gasteiger partial charge < -0.3 is 9.52 Å². The smallest absolute Gasteiger partial charge is 0.139 e. The molecule has 0 amide bonds. The first-order valence-corrected chi connectivity index (χ1v) is 4.66. The molecule has 2 rings (SSSR count). The number of hydrogen-bond donors (Lipinski definition) is 1. The number of aliphatic hydroxyl groups is 1. The van der Waals surface area contributed by atoms with Gasteiger partial charge in [0, 0.05) is 5.56 Å². The zero-order valence-electron chi connectivity index (χ0n) is 8.27. The molecule has 2 nitrogen and oxygen atoms in total. The van der Waals surface area contributed by atoms with Gasteiger partial charge in [0.05, 0.1) is 6.26 Å². The van der Waals surface area contributed by atoms with Crippen LogP contribution in [0.15, 0.2) is 41.0 Å². The average molecular weight is 206 g/mol. The number of furan rings is 1. The Hall–Kier alpha value is -1.61. The van der Waals surface area contributed by atoms with Crippen LogP contribution in [0.5, 0.6) is 0 Å². The van der Waals surface area contributed by atoms with Crippen LogP contribution in [0.2, 0.25) is 0 Å². The third-order valence-corrected chi connectivity index (χ3v) is 2.33. The van der Waals surface area contributed by atoms with Crippen molar-refractivity contribution in [2.75, 3.05) is 0 Å². The zero-order valence-corrected chi connectivity index (χ0v) is 8.27. The van der Waals surface area contributed by atoms with Gasteiger partial charge in [-0.1, -0.05) is 18.2 Å². The number of aryl methyl sites for hydroxylation is 1. The van der Waals surface area contributed by atoms with E-state index in [0.717, 1.165) is 0 Å². The van der Waals surface area contributed by atoms with E-state index in [-0.39, 0.29) is 11.4 Å². The molecular weight excluding hydrogens is 195 g/mol. The Bertz CT molecular complexity index is 449. The monoisotopic (exact) mass is 206 g/mol. The summed E-state index contributed by atoms with van der Waals surface area (Å²) >= 11 is 0. The average Bonchev–Trinajstić information content (AvgIpc) is 2.74. The lowest BCUT2D eigenvalue weighted by molar-refractivity contribution is 0.184. The summed E-state index contributed by atoms with van der Waals surface area (Å²) in [6.07, 6.45) is 0.409. The summed E-state index contributed by atoms with van der Waals surface area (Å²) in [5, 5.41) is 9.85. The van der Waals surface area contributed by atoms with E-state index in [9.17, 15) is 9.50 Å². The van der Waals surface area contributed by atoms with Gasteiger partial charge in [-0.2, -0.15) is 0 Å². The van der Waals surface area contributed by atoms with Gasteiger partial charge in [-0.15, -0.1) is 0 Å². The summed E-state index contributed by atoms with van der Waals surface area (Å²) in [6.45, 7) is 1.66. The van der Waals surface area contributed by atoms with Crippen molar-refractivity contribution in [1.29, 1.82) is 0 Å². The van der Waals surface area contributed by atoms with Crippen molar-refractivity contribution in [3.63, 3.8) is 0 Å². The van der Waals surface area contributed by atoms with Crippen molar-refractivity contribution in [1.82, 2.24) is 0 Å². The van der Waals surface area contributed by atoms with E-state index < -0.39 is 6.10 Å². The standard InChI is InChI=1S/C12H11FO2/c1-8-4-2-5-9(11(8)13)12(14)10-6-3-7-15-10/h2-7,12,14H,1H3. The Kier molecular flexibility index (Phi) is 2.56. The van der Waals surface area contributed by atoms with Gasteiger partial charge in [0.15, 0.2) is 0 Å². The van der Waals surface area contributed by atoms with E-state index in [0.29, 0.717) is 11.3 Å². The van der Waals surface area contributed by atoms with E-state index >= 15 is 0 Å². The summed E-state index contributed by atoms with van der Waals surface area (Å²) in [5.41, 5.74) is 0.753. The van der Waals surface area contributed by atoms with Gasteiger partial charge in [0.25, 0.3) is 0 Å². The molecule has 0 radical (unpaired) electrons. The normalized spacial score (nSPS) is 12.7. The highest BCUT2D eigenvalue weighted by Crippen LogP contribution is 2.25. The lowest BCUT2D eigenvalue weighted by atomic mass is 10.0. The Morgan fingerprint density at radius 2 is 2.07 bits per heavy atom. The molecule has 78 valence electrons. The van der Waals surface area contributed by atoms with Crippen LogP contribution in [-0.2, 0) is 0 Å². The van der Waals surface area contributed by atoms with E-state index in [1.807, 2.05) is 0 Å². The highest BCUT2D eigenvalue weighted by Gasteiger charge is 2.17. The largest absolute Gasteiger partial charge is 0.466 e. The molecule has 1 aromatic carbocycles. The van der Waals surface area contributed by atoms with Crippen molar-refractivity contribution in [3.05, 3.63) is 59.3 Å². The Balaban J connectivity index is 2.42. The first-order valence-electron chi connectivity index (χ1n) is 4.66. The topological polar surface area (TPSA) is 33.4 Å². The molecule has 2 aromatic rings. The molecular formula is C12H11FO2. The molecule has 0 aliphatic rings. The zero-order chi connectivity index (χ0) is 10.8. The van der Waals surface area contributed by atoms with Crippen LogP contribution in [0.1, 0.15) is 23.0 Å². The number of rotatable bonds is 2. The quantitative estimate of drug-likeness (QED) is 0.819. The minimum absolute atomic E-state index is 0.241. The number of benzene rings is 1. The second-order valence-electron chi connectivity index (χ2n) is 3.40. The number of aliphatic hydroxyl groups excluding tert-OH is 1. The highest BCUT2D eigenvalue weighted by atomic mass is 19.1. The minimum atomic E-state index is -1.04. The van der Waals surface area contributed by atoms with Crippen LogP contribution in [0.4, 0.5) is 4.39 Å². The lowest BCUT2D eigenvalue weighted by Gasteiger charge is -2.10. The Morgan fingerprint density at radius 1 is 1.27 bits per heavy atom. The number of halogens is 1. The van der Waals surface area contributed by atoms with Crippen LogP contribution in [0.3, 0.4) is 0 Å². The number of hydrogen-bond acceptors (Lipinski definition) is 2. The van der Waals surface area contributed by atoms with Crippen LogP contribution >= 0.6 is 0 Å². The molecule has 1 N–H and O–H groups in total. The summed E-state index contributed by atoms with van der Waals surface area (Å²) in [5.74, 6) is -0.0408. The van der Waals surface area contributed by atoms with Gasteiger partial charge in [0.1, 0.15) is 17.7 Å². The highest BCUT2D eigenvalue weighted by molar-refractivity contribution is 5.30. The maximum absolute atomic E-state index is 13.6. The predicted octanol–water partition coefficient (Wildman–Crippen LogP) is 2.81. The summed E-state index contributed by atoms with van der Waals surface area (Å²) in [6, 6.07) is 8.20. The van der Waals surface area contributed by atoms with E-state index in [2.05, 4.69) is 0 Å². The van der Waals surface area contributed by atoms with E-state index in [4.69, 9.17) is 4.42 Å². The molecule has 1 heterocycles. The molecule has 0 saturated carbocycles. The third-order valence-electron chi connectivity index (χ3n) is 2.33. The fourth-order valence-corrected chi connectivity index (χ4v) is 1.48. The van der Waals surface area contributed by atoms with Crippen molar-refractivity contribution in [2.24, 2.45) is 0 Å². The third kappa shape index (κ3) is 1.78. The molecule has 0 aliphatic carbocycles. The molecule has 1 atom stereocenters. The van der Waals surface area contributed by atoms with Crippen molar-refractivity contribution < 1.29 is 13.9 Å².